The summed E-state index contributed by atoms with van der Waals surface area (Å²) in [6, 6.07) is 17.3. The standard InChI is InChI=1S/C23H26N4O3S/c1-27(2)21-5-3-4-18(16-21)12-15-31(29,30)22-8-6-20(7-9-22)26-23(28)25-17-19-10-13-24-14-11-19/h3-11,13-14,16H,12,15,17H2,1-2H3,(H2,25,26,28). The largest absolute Gasteiger partial charge is 0.378 e. The zero-order valence-electron chi connectivity index (χ0n) is 17.6. The number of carbonyl (C=O) groups excluding carboxylic acids is 1. The molecule has 2 amide bonds. The maximum absolute atomic E-state index is 12.7. The van der Waals surface area contributed by atoms with Gasteiger partial charge < -0.3 is 15.5 Å². The van der Waals surface area contributed by atoms with Crippen LogP contribution in [0.4, 0.5) is 16.2 Å². The van der Waals surface area contributed by atoms with Gasteiger partial charge >= 0.3 is 6.03 Å². The Morgan fingerprint density at radius 1 is 0.968 bits per heavy atom. The van der Waals surface area contributed by atoms with Gasteiger partial charge in [0, 0.05) is 44.4 Å². The quantitative estimate of drug-likeness (QED) is 0.562. The monoisotopic (exact) mass is 438 g/mol. The van der Waals surface area contributed by atoms with Crippen LogP contribution in [0.15, 0.2) is 78.0 Å². The molecule has 0 fully saturated rings. The Bertz CT molecular complexity index is 1120. The van der Waals surface area contributed by atoms with Crippen molar-refractivity contribution in [2.75, 3.05) is 30.1 Å². The molecule has 2 aromatic carbocycles. The molecule has 0 saturated carbocycles. The molecule has 0 saturated heterocycles. The second-order valence-electron chi connectivity index (χ2n) is 7.32. The van der Waals surface area contributed by atoms with Crippen LogP contribution in [-0.2, 0) is 22.8 Å². The Balaban J connectivity index is 1.55. The smallest absolute Gasteiger partial charge is 0.319 e. The van der Waals surface area contributed by atoms with Crippen LogP contribution in [0.3, 0.4) is 0 Å². The molecule has 2 N–H and O–H groups in total. The van der Waals surface area contributed by atoms with E-state index < -0.39 is 9.84 Å². The Kier molecular flexibility index (Phi) is 7.25. The summed E-state index contributed by atoms with van der Waals surface area (Å²) >= 11 is 0. The van der Waals surface area contributed by atoms with Crippen molar-refractivity contribution in [2.45, 2.75) is 17.9 Å². The Labute approximate surface area is 183 Å². The normalized spacial score (nSPS) is 11.0. The van der Waals surface area contributed by atoms with Crippen LogP contribution >= 0.6 is 0 Å². The maximum Gasteiger partial charge on any atom is 0.319 e. The molecule has 0 bridgehead atoms. The van der Waals surface area contributed by atoms with Crippen molar-refractivity contribution < 1.29 is 13.2 Å². The second kappa shape index (κ2) is 10.1. The number of anilines is 2. The predicted molar refractivity (Wildman–Crippen MR) is 123 cm³/mol. The highest BCUT2D eigenvalue weighted by Gasteiger charge is 2.15. The minimum atomic E-state index is -3.43. The second-order valence-corrected chi connectivity index (χ2v) is 9.43. The number of benzene rings is 2. The number of hydrogen-bond donors (Lipinski definition) is 2. The summed E-state index contributed by atoms with van der Waals surface area (Å²) in [5.41, 5.74) is 3.46. The van der Waals surface area contributed by atoms with Gasteiger partial charge in [0.2, 0.25) is 0 Å². The number of pyridine rings is 1. The first-order valence-corrected chi connectivity index (χ1v) is 11.5. The lowest BCUT2D eigenvalue weighted by Crippen LogP contribution is -2.28. The number of nitrogens with zero attached hydrogens (tertiary/aromatic N) is 2. The number of aromatic nitrogens is 1. The molecular weight excluding hydrogens is 412 g/mol. The van der Waals surface area contributed by atoms with E-state index >= 15 is 0 Å². The molecule has 0 radical (unpaired) electrons. The molecule has 1 heterocycles. The van der Waals surface area contributed by atoms with Crippen LogP contribution in [-0.4, -0.2) is 39.3 Å². The van der Waals surface area contributed by atoms with Gasteiger partial charge in [0.05, 0.1) is 10.6 Å². The van der Waals surface area contributed by atoms with E-state index in [1.165, 1.54) is 12.1 Å². The van der Waals surface area contributed by atoms with Crippen LogP contribution in [0.5, 0.6) is 0 Å². The number of amides is 2. The number of sulfone groups is 1. The summed E-state index contributed by atoms with van der Waals surface area (Å²) < 4.78 is 25.4. The summed E-state index contributed by atoms with van der Waals surface area (Å²) in [5.74, 6) is 0.0169. The summed E-state index contributed by atoms with van der Waals surface area (Å²) in [6.45, 7) is 0.371. The predicted octanol–water partition coefficient (Wildman–Crippen LogP) is 3.49. The SMILES string of the molecule is CN(C)c1cccc(CCS(=O)(=O)c2ccc(NC(=O)NCc3ccncc3)cc2)c1. The number of nitrogens with one attached hydrogen (secondary N) is 2. The molecular formula is C23H26N4O3S. The van der Waals surface area contributed by atoms with Gasteiger partial charge in [-0.3, -0.25) is 4.98 Å². The third kappa shape index (κ3) is 6.55. The van der Waals surface area contributed by atoms with Crippen molar-refractivity contribution >= 4 is 27.2 Å². The van der Waals surface area contributed by atoms with E-state index in [0.717, 1.165) is 16.8 Å². The van der Waals surface area contributed by atoms with Gasteiger partial charge in [0.15, 0.2) is 9.84 Å². The average molecular weight is 439 g/mol. The molecule has 1 aromatic heterocycles. The molecule has 162 valence electrons. The highest BCUT2D eigenvalue weighted by atomic mass is 32.2. The lowest BCUT2D eigenvalue weighted by atomic mass is 10.1. The van der Waals surface area contributed by atoms with Crippen molar-refractivity contribution in [3.63, 3.8) is 0 Å². The summed E-state index contributed by atoms with van der Waals surface area (Å²) in [5, 5.41) is 5.44. The molecule has 0 aliphatic rings. The van der Waals surface area contributed by atoms with Gasteiger partial charge in [-0.05, 0) is 66.1 Å². The molecule has 0 unspecified atom stereocenters. The van der Waals surface area contributed by atoms with Crippen LogP contribution in [0.2, 0.25) is 0 Å². The highest BCUT2D eigenvalue weighted by molar-refractivity contribution is 7.91. The first-order valence-electron chi connectivity index (χ1n) is 9.86. The molecule has 7 nitrogen and oxygen atoms in total. The van der Waals surface area contributed by atoms with Crippen LogP contribution in [0.25, 0.3) is 0 Å². The first-order chi connectivity index (χ1) is 14.8. The topological polar surface area (TPSA) is 91.4 Å². The van der Waals surface area contributed by atoms with Gasteiger partial charge in [-0.15, -0.1) is 0 Å². The minimum Gasteiger partial charge on any atom is -0.378 e. The van der Waals surface area contributed by atoms with Crippen molar-refractivity contribution in [1.29, 1.82) is 0 Å². The zero-order valence-corrected chi connectivity index (χ0v) is 18.4. The third-order valence-electron chi connectivity index (χ3n) is 4.76. The summed E-state index contributed by atoms with van der Waals surface area (Å²) in [4.78, 5) is 18.2. The number of carbonyl (C=O) groups is 1. The molecule has 3 rings (SSSR count). The van der Waals surface area contributed by atoms with E-state index in [4.69, 9.17) is 0 Å². The first kappa shape index (κ1) is 22.3. The number of hydrogen-bond acceptors (Lipinski definition) is 5. The summed E-state index contributed by atoms with van der Waals surface area (Å²) in [6.07, 6.45) is 3.75. The van der Waals surface area contributed by atoms with Crippen LogP contribution in [0, 0.1) is 0 Å². The lowest BCUT2D eigenvalue weighted by molar-refractivity contribution is 0.251. The maximum atomic E-state index is 12.7. The van der Waals surface area contributed by atoms with E-state index in [-0.39, 0.29) is 16.7 Å². The van der Waals surface area contributed by atoms with Gasteiger partial charge in [-0.2, -0.15) is 0 Å². The van der Waals surface area contributed by atoms with E-state index in [1.54, 1.807) is 24.5 Å². The van der Waals surface area contributed by atoms with Crippen molar-refractivity contribution in [3.05, 3.63) is 84.2 Å². The molecule has 0 aliphatic heterocycles. The highest BCUT2D eigenvalue weighted by Crippen LogP contribution is 2.18. The Morgan fingerprint density at radius 2 is 1.68 bits per heavy atom. The van der Waals surface area contributed by atoms with Crippen LogP contribution < -0.4 is 15.5 Å². The minimum absolute atomic E-state index is 0.0169. The average Bonchev–Trinajstić information content (AvgIpc) is 2.78. The Hall–Kier alpha value is -3.39. The lowest BCUT2D eigenvalue weighted by Gasteiger charge is -2.13. The molecule has 8 heteroatoms. The molecule has 0 aliphatic carbocycles. The summed E-state index contributed by atoms with van der Waals surface area (Å²) in [7, 11) is 0.468. The van der Waals surface area contributed by atoms with Crippen molar-refractivity contribution in [3.8, 4) is 0 Å². The fraction of sp³-hybridized carbons (Fsp3) is 0.217. The van der Waals surface area contributed by atoms with Gasteiger partial charge in [-0.1, -0.05) is 12.1 Å². The van der Waals surface area contributed by atoms with E-state index in [0.29, 0.717) is 18.7 Å². The van der Waals surface area contributed by atoms with E-state index in [1.807, 2.05) is 55.4 Å². The molecule has 0 atom stereocenters. The van der Waals surface area contributed by atoms with E-state index in [9.17, 15) is 13.2 Å². The van der Waals surface area contributed by atoms with Gasteiger partial charge in [0.25, 0.3) is 0 Å². The molecule has 31 heavy (non-hydrogen) atoms. The number of urea groups is 1. The zero-order chi connectivity index (χ0) is 22.3. The van der Waals surface area contributed by atoms with Crippen LogP contribution in [0.1, 0.15) is 11.1 Å². The number of rotatable bonds is 8. The molecule has 3 aromatic rings. The number of aryl methyl sites for hydroxylation is 1. The fourth-order valence-electron chi connectivity index (χ4n) is 2.96. The van der Waals surface area contributed by atoms with Gasteiger partial charge in [0.1, 0.15) is 0 Å². The van der Waals surface area contributed by atoms with E-state index in [2.05, 4.69) is 15.6 Å². The fourth-order valence-corrected chi connectivity index (χ4v) is 4.25. The van der Waals surface area contributed by atoms with Crippen molar-refractivity contribution in [2.24, 2.45) is 0 Å². The molecule has 0 spiro atoms. The Morgan fingerprint density at radius 3 is 2.35 bits per heavy atom. The van der Waals surface area contributed by atoms with Gasteiger partial charge in [-0.25, -0.2) is 13.2 Å². The van der Waals surface area contributed by atoms with Crippen molar-refractivity contribution in [1.82, 2.24) is 10.3 Å². The third-order valence-corrected chi connectivity index (χ3v) is 6.49.